The highest BCUT2D eigenvalue weighted by atomic mass is 16.9. The van der Waals surface area contributed by atoms with E-state index >= 15 is 0 Å². The number of fused-ring (bicyclic) bond motifs is 4. The molecule has 4 saturated heterocycles. The molecule has 0 saturated carbocycles. The van der Waals surface area contributed by atoms with Crippen LogP contribution in [0.5, 0.6) is 0 Å². The summed E-state index contributed by atoms with van der Waals surface area (Å²) in [5.74, 6) is -6.08. The maximum Gasteiger partial charge on any atom is 0.338 e. The molecule has 0 aromatic heterocycles. The minimum absolute atomic E-state index is 0.0755. The van der Waals surface area contributed by atoms with Crippen LogP contribution in [0.1, 0.15) is 78.2 Å². The van der Waals surface area contributed by atoms with Crippen molar-refractivity contribution in [3.63, 3.8) is 0 Å². The molecule has 0 aliphatic carbocycles. The first-order chi connectivity index (χ1) is 27.1. The van der Waals surface area contributed by atoms with Crippen molar-refractivity contribution in [3.8, 4) is 0 Å². The number of carbonyl (C=O) groups is 5. The first-order valence-electron chi connectivity index (χ1n) is 18.3. The predicted molar refractivity (Wildman–Crippen MR) is 189 cm³/mol. The van der Waals surface area contributed by atoms with Crippen molar-refractivity contribution in [2.75, 3.05) is 13.2 Å². The van der Waals surface area contributed by atoms with Crippen LogP contribution in [0.15, 0.2) is 53.6 Å². The van der Waals surface area contributed by atoms with Gasteiger partial charge in [0.25, 0.3) is 11.8 Å². The van der Waals surface area contributed by atoms with Crippen LogP contribution in [0.3, 0.4) is 0 Å². The lowest BCUT2D eigenvalue weighted by Crippen LogP contribution is -2.68. The van der Waals surface area contributed by atoms with Gasteiger partial charge in [0, 0.05) is 18.8 Å². The summed E-state index contributed by atoms with van der Waals surface area (Å²) < 4.78 is 60.9. The topological polar surface area (TPSA) is 230 Å². The van der Waals surface area contributed by atoms with Crippen molar-refractivity contribution in [2.45, 2.75) is 121 Å². The van der Waals surface area contributed by atoms with Gasteiger partial charge in [0.2, 0.25) is 0 Å². The first kappa shape index (κ1) is 40.2. The summed E-state index contributed by atoms with van der Waals surface area (Å²) in [6.45, 7) is 8.09. The van der Waals surface area contributed by atoms with Crippen LogP contribution in [0.2, 0.25) is 0 Å². The number of esters is 3. The van der Waals surface area contributed by atoms with E-state index in [9.17, 15) is 24.0 Å². The molecular weight excluding hydrogens is 752 g/mol. The molecule has 0 bridgehead atoms. The summed E-state index contributed by atoms with van der Waals surface area (Å²) in [5, 5.41) is 3.54. The zero-order valence-electron chi connectivity index (χ0n) is 31.9. The van der Waals surface area contributed by atoms with Crippen LogP contribution in [-0.4, -0.2) is 121 Å². The molecule has 19 nitrogen and oxygen atoms in total. The van der Waals surface area contributed by atoms with Gasteiger partial charge in [-0.2, -0.15) is 0 Å². The number of hydrogen-bond acceptors (Lipinski definition) is 16. The number of rotatable bonds is 11. The summed E-state index contributed by atoms with van der Waals surface area (Å²) in [6, 6.07) is 10.9. The maximum absolute atomic E-state index is 14.0. The van der Waals surface area contributed by atoms with Crippen molar-refractivity contribution in [1.82, 2.24) is 4.90 Å². The lowest BCUT2D eigenvalue weighted by molar-refractivity contribution is -0.302. The third kappa shape index (κ3) is 8.10. The van der Waals surface area contributed by atoms with Crippen LogP contribution in [0, 0.1) is 0 Å². The standard InChI is InChI=1S/C38H42N4O15/c1-18(43)50-27-24(16-48-34(47)21-12-8-7-11-20(21)15-40-41-39)52-35(26(29(27)51-19(2)44)42-32(45)22-13-9-10-14-23(22)33(42)46)49-17-25-28-30(55-37(3,4)54-28)31-36(53-25)57-38(5,6)56-31/h7-14,24-31,35-36H,15-17H2,1-6H3/t24-,25-,26-,27-,28+,29-,30+,31-,35-,36-/m1/s1. The highest BCUT2D eigenvalue weighted by molar-refractivity contribution is 6.21. The van der Waals surface area contributed by atoms with E-state index in [1.807, 2.05) is 0 Å². The molecule has 5 heterocycles. The van der Waals surface area contributed by atoms with Gasteiger partial charge in [-0.05, 0) is 57.0 Å². The normalized spacial score (nSPS) is 32.1. The second-order valence-corrected chi connectivity index (χ2v) is 14.9. The second-order valence-electron chi connectivity index (χ2n) is 14.9. The molecule has 4 fully saturated rings. The molecule has 304 valence electrons. The molecule has 2 aromatic carbocycles. The predicted octanol–water partition coefficient (Wildman–Crippen LogP) is 3.32. The van der Waals surface area contributed by atoms with Crippen molar-refractivity contribution >= 4 is 29.7 Å². The third-order valence-electron chi connectivity index (χ3n) is 9.94. The van der Waals surface area contributed by atoms with Gasteiger partial charge in [0.1, 0.15) is 43.2 Å². The molecule has 7 rings (SSSR count). The number of nitrogens with zero attached hydrogens (tertiary/aromatic N) is 4. The second kappa shape index (κ2) is 15.8. The van der Waals surface area contributed by atoms with Gasteiger partial charge in [0.15, 0.2) is 36.4 Å². The van der Waals surface area contributed by atoms with Crippen LogP contribution >= 0.6 is 0 Å². The van der Waals surface area contributed by atoms with E-state index in [1.165, 1.54) is 18.2 Å². The molecule has 0 spiro atoms. The van der Waals surface area contributed by atoms with E-state index in [4.69, 9.17) is 52.9 Å². The number of carbonyl (C=O) groups excluding carboxylic acids is 5. The van der Waals surface area contributed by atoms with E-state index in [1.54, 1.807) is 58.0 Å². The SMILES string of the molecule is CC(=O)O[C@H]1[C@H](OC(C)=O)[C@@H](COC(=O)c2ccccc2CN=[N+]=[N-])O[C@@H](OC[C@H]2O[C@@H]3OC(C)(C)O[C@@H]3[C@H]3OC(C)(C)O[C@H]32)[C@@H]1N1C(=O)c2ccccc2C1=O. The molecule has 5 aliphatic rings. The number of imide groups is 1. The Morgan fingerprint density at radius 3 is 2.04 bits per heavy atom. The summed E-state index contributed by atoms with van der Waals surface area (Å²) in [7, 11) is 0. The smallest absolute Gasteiger partial charge is 0.338 e. The molecule has 0 N–H and O–H groups in total. The Hall–Kier alpha value is -4.98. The number of azide groups is 1. The van der Waals surface area contributed by atoms with Crippen molar-refractivity contribution in [3.05, 3.63) is 81.2 Å². The maximum atomic E-state index is 14.0. The average Bonchev–Trinajstić information content (AvgIpc) is 3.75. The minimum atomic E-state index is -1.61. The minimum Gasteiger partial charge on any atom is -0.459 e. The van der Waals surface area contributed by atoms with Gasteiger partial charge in [0.05, 0.1) is 29.8 Å². The third-order valence-corrected chi connectivity index (χ3v) is 9.94. The Balaban J connectivity index is 1.23. The van der Waals surface area contributed by atoms with E-state index in [-0.39, 0.29) is 29.8 Å². The number of amides is 2. The molecule has 57 heavy (non-hydrogen) atoms. The molecule has 2 amide bonds. The Morgan fingerprint density at radius 2 is 1.37 bits per heavy atom. The van der Waals surface area contributed by atoms with E-state index in [0.717, 1.165) is 18.7 Å². The van der Waals surface area contributed by atoms with Crippen molar-refractivity contribution < 1.29 is 71.3 Å². The van der Waals surface area contributed by atoms with Crippen molar-refractivity contribution in [1.29, 1.82) is 0 Å². The van der Waals surface area contributed by atoms with Crippen LogP contribution in [0.25, 0.3) is 10.4 Å². The molecule has 10 atom stereocenters. The van der Waals surface area contributed by atoms with Gasteiger partial charge in [-0.1, -0.05) is 35.4 Å². The molecular formula is C38H42N4O15. The molecule has 0 unspecified atom stereocenters. The Labute approximate surface area is 326 Å². The van der Waals surface area contributed by atoms with Crippen molar-refractivity contribution in [2.24, 2.45) is 5.11 Å². The van der Waals surface area contributed by atoms with E-state index in [0.29, 0.717) is 5.56 Å². The number of hydrogen-bond donors (Lipinski definition) is 0. The summed E-state index contributed by atoms with van der Waals surface area (Å²) in [6.07, 6.45) is -9.98. The van der Waals surface area contributed by atoms with Gasteiger partial charge in [-0.25, -0.2) is 4.79 Å². The van der Waals surface area contributed by atoms with Gasteiger partial charge >= 0.3 is 17.9 Å². The summed E-state index contributed by atoms with van der Waals surface area (Å²) in [4.78, 5) is 70.6. The molecule has 2 aromatic rings. The first-order valence-corrected chi connectivity index (χ1v) is 18.3. The molecule has 19 heteroatoms. The van der Waals surface area contributed by atoms with Crippen LogP contribution < -0.4 is 0 Å². The summed E-state index contributed by atoms with van der Waals surface area (Å²) >= 11 is 0. The van der Waals surface area contributed by atoms with Gasteiger partial charge < -0.3 is 47.4 Å². The average molecular weight is 795 g/mol. The molecule has 0 radical (unpaired) electrons. The van der Waals surface area contributed by atoms with Gasteiger partial charge in [-0.15, -0.1) is 0 Å². The van der Waals surface area contributed by atoms with Gasteiger partial charge in [-0.3, -0.25) is 24.1 Å². The van der Waals surface area contributed by atoms with Crippen LogP contribution in [-0.2, 0) is 63.5 Å². The molecule has 5 aliphatic heterocycles. The Kier molecular flexibility index (Phi) is 11.1. The monoisotopic (exact) mass is 794 g/mol. The highest BCUT2D eigenvalue weighted by Crippen LogP contribution is 2.45. The number of ether oxygens (including phenoxy) is 10. The lowest BCUT2D eigenvalue weighted by Gasteiger charge is -2.47. The quantitative estimate of drug-likeness (QED) is 0.0793. The lowest BCUT2D eigenvalue weighted by atomic mass is 9.94. The van der Waals surface area contributed by atoms with E-state index < -0.39 is 109 Å². The fourth-order valence-electron chi connectivity index (χ4n) is 7.79. The largest absolute Gasteiger partial charge is 0.459 e. The zero-order chi connectivity index (χ0) is 40.8. The van der Waals surface area contributed by atoms with Crippen LogP contribution in [0.4, 0.5) is 0 Å². The Bertz CT molecular complexity index is 1950. The fraction of sp³-hybridized carbons (Fsp3) is 0.553. The Morgan fingerprint density at radius 1 is 0.772 bits per heavy atom. The number of benzene rings is 2. The van der Waals surface area contributed by atoms with E-state index in [2.05, 4.69) is 10.0 Å². The highest BCUT2D eigenvalue weighted by Gasteiger charge is 2.62. The fourth-order valence-corrected chi connectivity index (χ4v) is 7.79. The zero-order valence-corrected chi connectivity index (χ0v) is 31.9. The summed E-state index contributed by atoms with van der Waals surface area (Å²) in [5.41, 5.74) is 9.45.